The topological polar surface area (TPSA) is 50.2 Å². The Morgan fingerprint density at radius 1 is 1.12 bits per heavy atom. The number of para-hydroxylation sites is 1. The lowest BCUT2D eigenvalue weighted by atomic mass is 10.3. The number of carbonyl (C=O) groups is 1. The van der Waals surface area contributed by atoms with Crippen molar-refractivity contribution >= 4 is 17.2 Å². The molecule has 0 unspecified atom stereocenters. The second kappa shape index (κ2) is 7.85. The van der Waals surface area contributed by atoms with Gasteiger partial charge in [-0.15, -0.1) is 11.3 Å². The lowest BCUT2D eigenvalue weighted by molar-refractivity contribution is 0.0942. The van der Waals surface area contributed by atoms with Gasteiger partial charge >= 0.3 is 0 Å². The molecular formula is C20H22N4OS. The molecule has 1 N–H and O–H groups in total. The summed E-state index contributed by atoms with van der Waals surface area (Å²) < 4.78 is 1.74. The third-order valence-electron chi connectivity index (χ3n) is 4.63. The molecule has 0 radical (unpaired) electrons. The average molecular weight is 366 g/mol. The zero-order valence-corrected chi connectivity index (χ0v) is 15.4. The van der Waals surface area contributed by atoms with Crippen LogP contribution in [0.4, 0.5) is 0 Å². The summed E-state index contributed by atoms with van der Waals surface area (Å²) in [5.74, 6) is -0.0802. The smallest absolute Gasteiger partial charge is 0.270 e. The highest BCUT2D eigenvalue weighted by atomic mass is 32.1. The van der Waals surface area contributed by atoms with Crippen molar-refractivity contribution < 1.29 is 4.79 Å². The second-order valence-corrected chi connectivity index (χ2v) is 7.39. The highest BCUT2D eigenvalue weighted by Gasteiger charge is 2.18. The van der Waals surface area contributed by atoms with Crippen LogP contribution in [0.2, 0.25) is 0 Å². The van der Waals surface area contributed by atoms with Crippen molar-refractivity contribution in [3.63, 3.8) is 0 Å². The Bertz CT molecular complexity index is 851. The molecule has 1 aromatic carbocycles. The van der Waals surface area contributed by atoms with Gasteiger partial charge in [0.15, 0.2) is 0 Å². The zero-order valence-electron chi connectivity index (χ0n) is 14.6. The molecule has 4 rings (SSSR count). The number of rotatable bonds is 6. The fourth-order valence-corrected chi connectivity index (χ4v) is 3.96. The number of carbonyl (C=O) groups excluding carboxylic acids is 1. The lowest BCUT2D eigenvalue weighted by Crippen LogP contribution is -2.34. The van der Waals surface area contributed by atoms with E-state index in [-0.39, 0.29) is 5.91 Å². The molecule has 2 aromatic heterocycles. The minimum absolute atomic E-state index is 0.0802. The number of nitrogens with zero attached hydrogens (tertiary/aromatic N) is 3. The van der Waals surface area contributed by atoms with E-state index in [2.05, 4.69) is 15.3 Å². The summed E-state index contributed by atoms with van der Waals surface area (Å²) in [6, 6.07) is 15.7. The number of amides is 1. The fourth-order valence-electron chi connectivity index (χ4n) is 3.28. The van der Waals surface area contributed by atoms with Crippen molar-refractivity contribution in [3.05, 3.63) is 59.6 Å². The first kappa shape index (κ1) is 17.0. The summed E-state index contributed by atoms with van der Waals surface area (Å²) in [7, 11) is 0. The summed E-state index contributed by atoms with van der Waals surface area (Å²) >= 11 is 1.63. The van der Waals surface area contributed by atoms with Gasteiger partial charge in [-0.25, -0.2) is 4.68 Å². The highest BCUT2D eigenvalue weighted by Crippen LogP contribution is 2.25. The standard InChI is InChI=1S/C20H22N4OS/c25-20(21-10-13-23-11-4-5-12-23)18-15-17(19-9-6-14-26-19)22-24(18)16-7-2-1-3-8-16/h1-3,6-9,14-15H,4-5,10-13H2,(H,21,25). The van der Waals surface area contributed by atoms with Gasteiger partial charge in [0.25, 0.3) is 5.91 Å². The molecule has 0 saturated carbocycles. The van der Waals surface area contributed by atoms with Crippen molar-refractivity contribution in [2.75, 3.05) is 26.2 Å². The Balaban J connectivity index is 1.55. The van der Waals surface area contributed by atoms with Crippen LogP contribution in [-0.4, -0.2) is 46.8 Å². The number of hydrogen-bond donors (Lipinski definition) is 1. The first-order valence-electron chi connectivity index (χ1n) is 9.01. The van der Waals surface area contributed by atoms with E-state index >= 15 is 0 Å². The van der Waals surface area contributed by atoms with Gasteiger partial charge in [0.05, 0.1) is 10.6 Å². The van der Waals surface area contributed by atoms with E-state index in [1.165, 1.54) is 12.8 Å². The number of hydrogen-bond acceptors (Lipinski definition) is 4. The molecule has 0 bridgehead atoms. The Labute approximate surface area is 157 Å². The van der Waals surface area contributed by atoms with E-state index < -0.39 is 0 Å². The number of benzene rings is 1. The molecule has 0 aliphatic carbocycles. The molecule has 3 heterocycles. The van der Waals surface area contributed by atoms with E-state index in [0.717, 1.165) is 35.9 Å². The molecule has 0 atom stereocenters. The normalized spacial score (nSPS) is 14.6. The van der Waals surface area contributed by atoms with E-state index in [9.17, 15) is 4.79 Å². The molecule has 1 saturated heterocycles. The van der Waals surface area contributed by atoms with Crippen LogP contribution < -0.4 is 5.32 Å². The number of nitrogens with one attached hydrogen (secondary N) is 1. The predicted molar refractivity (Wildman–Crippen MR) is 105 cm³/mol. The maximum Gasteiger partial charge on any atom is 0.270 e. The molecule has 1 aliphatic rings. The molecule has 1 amide bonds. The lowest BCUT2D eigenvalue weighted by Gasteiger charge is -2.15. The van der Waals surface area contributed by atoms with Gasteiger partial charge in [0, 0.05) is 13.1 Å². The Hall–Kier alpha value is -2.44. The quantitative estimate of drug-likeness (QED) is 0.727. The van der Waals surface area contributed by atoms with Gasteiger partial charge in [-0.1, -0.05) is 24.3 Å². The summed E-state index contributed by atoms with van der Waals surface area (Å²) in [4.78, 5) is 16.3. The SMILES string of the molecule is O=C(NCCN1CCCC1)c1cc(-c2cccs2)nn1-c1ccccc1. The maximum absolute atomic E-state index is 12.8. The van der Waals surface area contributed by atoms with Crippen LogP contribution in [0.15, 0.2) is 53.9 Å². The van der Waals surface area contributed by atoms with Gasteiger partial charge < -0.3 is 10.2 Å². The van der Waals surface area contributed by atoms with Crippen LogP contribution in [-0.2, 0) is 0 Å². The van der Waals surface area contributed by atoms with Gasteiger partial charge in [-0.05, 0) is 55.6 Å². The molecule has 134 valence electrons. The maximum atomic E-state index is 12.8. The molecule has 3 aromatic rings. The van der Waals surface area contributed by atoms with Crippen LogP contribution in [0.1, 0.15) is 23.3 Å². The minimum atomic E-state index is -0.0802. The van der Waals surface area contributed by atoms with Crippen LogP contribution in [0.25, 0.3) is 16.3 Å². The Morgan fingerprint density at radius 2 is 1.92 bits per heavy atom. The van der Waals surface area contributed by atoms with E-state index in [1.54, 1.807) is 16.0 Å². The number of aromatic nitrogens is 2. The summed E-state index contributed by atoms with van der Waals surface area (Å²) in [5, 5.41) is 9.76. The number of thiophene rings is 1. The van der Waals surface area contributed by atoms with Gasteiger partial charge in [0.1, 0.15) is 11.4 Å². The monoisotopic (exact) mass is 366 g/mol. The number of likely N-dealkylation sites (tertiary alicyclic amines) is 1. The van der Waals surface area contributed by atoms with Gasteiger partial charge in [-0.3, -0.25) is 4.79 Å². The van der Waals surface area contributed by atoms with E-state index in [1.807, 2.05) is 53.9 Å². The highest BCUT2D eigenvalue weighted by molar-refractivity contribution is 7.13. The van der Waals surface area contributed by atoms with Gasteiger partial charge in [0.2, 0.25) is 0 Å². The molecular weight excluding hydrogens is 344 g/mol. The zero-order chi connectivity index (χ0) is 17.8. The van der Waals surface area contributed by atoms with Crippen LogP contribution in [0.3, 0.4) is 0 Å². The van der Waals surface area contributed by atoms with Crippen molar-refractivity contribution in [2.45, 2.75) is 12.8 Å². The molecule has 1 fully saturated rings. The van der Waals surface area contributed by atoms with Crippen LogP contribution in [0.5, 0.6) is 0 Å². The molecule has 0 spiro atoms. The van der Waals surface area contributed by atoms with Crippen molar-refractivity contribution in [1.82, 2.24) is 20.0 Å². The summed E-state index contributed by atoms with van der Waals surface area (Å²) in [6.07, 6.45) is 2.53. The molecule has 1 aliphatic heterocycles. The second-order valence-electron chi connectivity index (χ2n) is 6.44. The molecule has 5 nitrogen and oxygen atoms in total. The third kappa shape index (κ3) is 3.71. The molecule has 26 heavy (non-hydrogen) atoms. The summed E-state index contributed by atoms with van der Waals surface area (Å²) in [6.45, 7) is 3.84. The van der Waals surface area contributed by atoms with E-state index in [4.69, 9.17) is 0 Å². The van der Waals surface area contributed by atoms with E-state index in [0.29, 0.717) is 12.2 Å². The minimum Gasteiger partial charge on any atom is -0.349 e. The largest absolute Gasteiger partial charge is 0.349 e. The Kier molecular flexibility index (Phi) is 5.13. The average Bonchev–Trinajstić information content (AvgIpc) is 3.42. The van der Waals surface area contributed by atoms with Crippen LogP contribution >= 0.6 is 11.3 Å². The summed E-state index contributed by atoms with van der Waals surface area (Å²) in [5.41, 5.74) is 2.29. The van der Waals surface area contributed by atoms with Crippen molar-refractivity contribution in [2.24, 2.45) is 0 Å². The van der Waals surface area contributed by atoms with Crippen molar-refractivity contribution in [3.8, 4) is 16.3 Å². The third-order valence-corrected chi connectivity index (χ3v) is 5.52. The predicted octanol–water partition coefficient (Wildman–Crippen LogP) is 3.43. The fraction of sp³-hybridized carbons (Fsp3) is 0.300. The first-order chi connectivity index (χ1) is 12.8. The van der Waals surface area contributed by atoms with Crippen molar-refractivity contribution in [1.29, 1.82) is 0 Å². The first-order valence-corrected chi connectivity index (χ1v) is 9.89. The molecule has 6 heteroatoms. The van der Waals surface area contributed by atoms with Crippen LogP contribution in [0, 0.1) is 0 Å². The van der Waals surface area contributed by atoms with Gasteiger partial charge in [-0.2, -0.15) is 5.10 Å². The Morgan fingerprint density at radius 3 is 2.65 bits per heavy atom.